The minimum absolute atomic E-state index is 0.00988. The molecule has 0 saturated carbocycles. The first kappa shape index (κ1) is 12.5. The fourth-order valence-corrected chi connectivity index (χ4v) is 1.74. The molecular formula is C11H22N2O2. The minimum Gasteiger partial charge on any atom is -0.389 e. The lowest BCUT2D eigenvalue weighted by Gasteiger charge is -2.34. The first-order valence-corrected chi connectivity index (χ1v) is 5.59. The van der Waals surface area contributed by atoms with Gasteiger partial charge in [-0.05, 0) is 46.6 Å². The lowest BCUT2D eigenvalue weighted by atomic mass is 9.90. The van der Waals surface area contributed by atoms with E-state index < -0.39 is 11.1 Å². The highest BCUT2D eigenvalue weighted by Crippen LogP contribution is 2.18. The average molecular weight is 214 g/mol. The van der Waals surface area contributed by atoms with E-state index in [9.17, 15) is 9.90 Å². The Hall–Kier alpha value is -0.610. The van der Waals surface area contributed by atoms with Crippen LogP contribution in [0.3, 0.4) is 0 Å². The zero-order valence-electron chi connectivity index (χ0n) is 9.89. The Morgan fingerprint density at radius 2 is 2.20 bits per heavy atom. The van der Waals surface area contributed by atoms with Gasteiger partial charge in [-0.2, -0.15) is 0 Å². The second-order valence-electron chi connectivity index (χ2n) is 5.21. The number of hydrogen-bond acceptors (Lipinski definition) is 3. The van der Waals surface area contributed by atoms with Crippen LogP contribution in [0.4, 0.5) is 0 Å². The Bertz CT molecular complexity index is 227. The maximum atomic E-state index is 11.9. The van der Waals surface area contributed by atoms with Crippen molar-refractivity contribution in [2.75, 3.05) is 13.1 Å². The largest absolute Gasteiger partial charge is 0.389 e. The van der Waals surface area contributed by atoms with Crippen LogP contribution in [0.25, 0.3) is 0 Å². The van der Waals surface area contributed by atoms with Gasteiger partial charge in [0.15, 0.2) is 0 Å². The van der Waals surface area contributed by atoms with Gasteiger partial charge in [-0.25, -0.2) is 0 Å². The Balaban J connectivity index is 2.45. The number of rotatable bonds is 3. The van der Waals surface area contributed by atoms with Crippen LogP contribution in [0.15, 0.2) is 0 Å². The molecule has 0 aliphatic carbocycles. The fraction of sp³-hybridized carbons (Fsp3) is 0.909. The van der Waals surface area contributed by atoms with Crippen molar-refractivity contribution < 1.29 is 9.90 Å². The number of carbonyl (C=O) groups is 1. The van der Waals surface area contributed by atoms with Crippen molar-refractivity contribution in [1.29, 1.82) is 0 Å². The van der Waals surface area contributed by atoms with Gasteiger partial charge in [0.2, 0.25) is 5.91 Å². The molecule has 0 aromatic heterocycles. The van der Waals surface area contributed by atoms with Crippen LogP contribution in [0.1, 0.15) is 40.0 Å². The molecule has 1 heterocycles. The zero-order chi connectivity index (χ0) is 11.5. The van der Waals surface area contributed by atoms with Crippen molar-refractivity contribution >= 4 is 5.91 Å². The molecule has 0 radical (unpaired) electrons. The molecule has 4 nitrogen and oxygen atoms in total. The summed E-state index contributed by atoms with van der Waals surface area (Å²) < 4.78 is 0. The van der Waals surface area contributed by atoms with Gasteiger partial charge in [-0.3, -0.25) is 4.79 Å². The van der Waals surface area contributed by atoms with Gasteiger partial charge in [0.25, 0.3) is 0 Å². The van der Waals surface area contributed by atoms with Crippen LogP contribution < -0.4 is 10.6 Å². The summed E-state index contributed by atoms with van der Waals surface area (Å²) in [6, 6.07) is 0. The average Bonchev–Trinajstić information content (AvgIpc) is 2.14. The first-order chi connectivity index (χ1) is 6.83. The standard InChI is InChI=1S/C11H22N2O2/c1-10(2,15)8-12-9(14)11(3)6-4-5-7-13-11/h13,15H,4-8H2,1-3H3,(H,12,14). The maximum Gasteiger partial charge on any atom is 0.240 e. The second kappa shape index (κ2) is 4.49. The Labute approximate surface area is 91.4 Å². The third-order valence-corrected chi connectivity index (χ3v) is 2.80. The van der Waals surface area contributed by atoms with Crippen molar-refractivity contribution in [2.24, 2.45) is 0 Å². The molecule has 0 aromatic rings. The molecule has 1 saturated heterocycles. The van der Waals surface area contributed by atoms with E-state index in [4.69, 9.17) is 0 Å². The Morgan fingerprint density at radius 1 is 1.53 bits per heavy atom. The summed E-state index contributed by atoms with van der Waals surface area (Å²) in [7, 11) is 0. The fourth-order valence-electron chi connectivity index (χ4n) is 1.74. The van der Waals surface area contributed by atoms with Crippen LogP contribution in [0.2, 0.25) is 0 Å². The molecule has 0 bridgehead atoms. The van der Waals surface area contributed by atoms with Gasteiger partial charge in [0.1, 0.15) is 0 Å². The van der Waals surface area contributed by atoms with Crippen molar-refractivity contribution in [3.63, 3.8) is 0 Å². The van der Waals surface area contributed by atoms with E-state index in [-0.39, 0.29) is 5.91 Å². The SMILES string of the molecule is CC(C)(O)CNC(=O)C1(C)CCCCN1. The van der Waals surface area contributed by atoms with Gasteiger partial charge >= 0.3 is 0 Å². The third kappa shape index (κ3) is 3.80. The molecule has 15 heavy (non-hydrogen) atoms. The summed E-state index contributed by atoms with van der Waals surface area (Å²) in [5.74, 6) is -0.00988. The summed E-state index contributed by atoms with van der Waals surface area (Å²) in [6.45, 7) is 6.48. The summed E-state index contributed by atoms with van der Waals surface area (Å²) in [6.07, 6.45) is 3.08. The number of hydrogen-bond donors (Lipinski definition) is 3. The lowest BCUT2D eigenvalue weighted by Crippen LogP contribution is -2.58. The molecule has 0 spiro atoms. The predicted molar refractivity (Wildman–Crippen MR) is 59.6 cm³/mol. The van der Waals surface area contributed by atoms with E-state index in [1.165, 1.54) is 0 Å². The minimum atomic E-state index is -0.847. The molecule has 1 fully saturated rings. The number of piperidine rings is 1. The van der Waals surface area contributed by atoms with E-state index in [1.54, 1.807) is 13.8 Å². The second-order valence-corrected chi connectivity index (χ2v) is 5.21. The molecule has 1 atom stereocenters. The third-order valence-electron chi connectivity index (χ3n) is 2.80. The molecule has 1 aliphatic heterocycles. The van der Waals surface area contributed by atoms with Crippen molar-refractivity contribution in [2.45, 2.75) is 51.2 Å². The molecule has 88 valence electrons. The summed E-state index contributed by atoms with van der Waals surface area (Å²) in [5, 5.41) is 15.5. The van der Waals surface area contributed by atoms with E-state index in [1.807, 2.05) is 6.92 Å². The molecule has 3 N–H and O–H groups in total. The highest BCUT2D eigenvalue weighted by atomic mass is 16.3. The van der Waals surface area contributed by atoms with Gasteiger partial charge < -0.3 is 15.7 Å². The Kier molecular flexibility index (Phi) is 3.73. The van der Waals surface area contributed by atoms with E-state index in [0.29, 0.717) is 6.54 Å². The van der Waals surface area contributed by atoms with Crippen molar-refractivity contribution in [3.8, 4) is 0 Å². The quantitative estimate of drug-likeness (QED) is 0.637. The molecule has 1 rings (SSSR count). The molecule has 4 heteroatoms. The van der Waals surface area contributed by atoms with Gasteiger partial charge in [-0.15, -0.1) is 0 Å². The van der Waals surface area contributed by atoms with Crippen LogP contribution >= 0.6 is 0 Å². The monoisotopic (exact) mass is 214 g/mol. The van der Waals surface area contributed by atoms with Gasteiger partial charge in [0.05, 0.1) is 11.1 Å². The van der Waals surface area contributed by atoms with Gasteiger partial charge in [0, 0.05) is 6.54 Å². The first-order valence-electron chi connectivity index (χ1n) is 5.59. The van der Waals surface area contributed by atoms with Gasteiger partial charge in [-0.1, -0.05) is 0 Å². The molecule has 1 aliphatic rings. The van der Waals surface area contributed by atoms with Crippen molar-refractivity contribution in [1.82, 2.24) is 10.6 Å². The van der Waals surface area contributed by atoms with Crippen LogP contribution in [-0.2, 0) is 4.79 Å². The van der Waals surface area contributed by atoms with Crippen LogP contribution in [0, 0.1) is 0 Å². The maximum absolute atomic E-state index is 11.9. The van der Waals surface area contributed by atoms with Crippen LogP contribution in [0.5, 0.6) is 0 Å². The predicted octanol–water partition coefficient (Wildman–Crippen LogP) is 0.406. The number of carbonyl (C=O) groups excluding carboxylic acids is 1. The number of nitrogens with one attached hydrogen (secondary N) is 2. The van der Waals surface area contributed by atoms with Crippen LogP contribution in [-0.4, -0.2) is 35.2 Å². The molecular weight excluding hydrogens is 192 g/mol. The summed E-state index contributed by atoms with van der Waals surface area (Å²) in [5.41, 5.74) is -1.30. The lowest BCUT2D eigenvalue weighted by molar-refractivity contribution is -0.128. The zero-order valence-corrected chi connectivity index (χ0v) is 9.89. The Morgan fingerprint density at radius 3 is 2.67 bits per heavy atom. The molecule has 1 amide bonds. The topological polar surface area (TPSA) is 61.4 Å². The molecule has 0 aromatic carbocycles. The van der Waals surface area contributed by atoms with E-state index in [0.717, 1.165) is 25.8 Å². The molecule has 1 unspecified atom stereocenters. The smallest absolute Gasteiger partial charge is 0.240 e. The number of aliphatic hydroxyl groups is 1. The normalized spacial score (nSPS) is 27.5. The summed E-state index contributed by atoms with van der Waals surface area (Å²) in [4.78, 5) is 11.9. The van der Waals surface area contributed by atoms with E-state index >= 15 is 0 Å². The highest BCUT2D eigenvalue weighted by Gasteiger charge is 2.34. The summed E-state index contributed by atoms with van der Waals surface area (Å²) >= 11 is 0. The number of amides is 1. The van der Waals surface area contributed by atoms with Crippen molar-refractivity contribution in [3.05, 3.63) is 0 Å². The highest BCUT2D eigenvalue weighted by molar-refractivity contribution is 5.86. The van der Waals surface area contributed by atoms with E-state index in [2.05, 4.69) is 10.6 Å².